The van der Waals surface area contributed by atoms with Gasteiger partial charge in [-0.2, -0.15) is 8.78 Å². The van der Waals surface area contributed by atoms with Crippen molar-refractivity contribution in [3.8, 4) is 5.75 Å². The molecule has 2 atom stereocenters. The van der Waals surface area contributed by atoms with Crippen LogP contribution in [-0.2, 0) is 9.47 Å². The second-order valence-corrected chi connectivity index (χ2v) is 8.15. The lowest BCUT2D eigenvalue weighted by Gasteiger charge is -2.39. The summed E-state index contributed by atoms with van der Waals surface area (Å²) in [5.74, 6) is -2.77. The highest BCUT2D eigenvalue weighted by Crippen LogP contribution is 2.43. The van der Waals surface area contributed by atoms with E-state index < -0.39 is 23.7 Å². The number of benzene rings is 1. The molecule has 0 aromatic heterocycles. The van der Waals surface area contributed by atoms with Gasteiger partial charge in [0.05, 0.1) is 12.0 Å². The molecule has 0 bridgehead atoms. The van der Waals surface area contributed by atoms with Crippen LogP contribution in [0.2, 0.25) is 0 Å². The molecule has 0 amide bonds. The van der Waals surface area contributed by atoms with Crippen LogP contribution in [0.1, 0.15) is 51.9 Å². The third-order valence-corrected chi connectivity index (χ3v) is 6.20. The smallest absolute Gasteiger partial charge is 0.400 e. The highest BCUT2D eigenvalue weighted by molar-refractivity contribution is 5.24. The van der Waals surface area contributed by atoms with E-state index >= 15 is 0 Å². The third kappa shape index (κ3) is 6.07. The zero-order chi connectivity index (χ0) is 20.9. The van der Waals surface area contributed by atoms with Gasteiger partial charge in [0.2, 0.25) is 0 Å². The third-order valence-electron chi connectivity index (χ3n) is 6.20. The van der Waals surface area contributed by atoms with Crippen molar-refractivity contribution in [2.75, 3.05) is 19.8 Å². The number of halogens is 4. The van der Waals surface area contributed by atoms with Gasteiger partial charge in [-0.3, -0.25) is 0 Å². The first-order chi connectivity index (χ1) is 13.9. The Morgan fingerprint density at radius 1 is 1.03 bits per heavy atom. The second-order valence-electron chi connectivity index (χ2n) is 8.15. The molecule has 1 saturated heterocycles. The van der Waals surface area contributed by atoms with Crippen LogP contribution in [0.5, 0.6) is 5.75 Å². The van der Waals surface area contributed by atoms with Crippen molar-refractivity contribution in [1.29, 1.82) is 0 Å². The fourth-order valence-electron chi connectivity index (χ4n) is 4.43. The Balaban J connectivity index is 1.44. The Bertz CT molecular complexity index is 639. The summed E-state index contributed by atoms with van der Waals surface area (Å²) in [6.45, 7) is 4.18. The molecule has 0 N–H and O–H groups in total. The SMILES string of the molecule is CCOCCC1CCC(C2CCC(C(F)(F)Oc3ccc(F)c(F)c3)CC2)OC1. The van der Waals surface area contributed by atoms with Crippen molar-refractivity contribution in [2.24, 2.45) is 17.8 Å². The van der Waals surface area contributed by atoms with Crippen LogP contribution < -0.4 is 4.74 Å². The Labute approximate surface area is 169 Å². The Hall–Kier alpha value is -1.34. The molecular weight excluding hydrogens is 388 g/mol. The average Bonchev–Trinajstić information content (AvgIpc) is 2.71. The summed E-state index contributed by atoms with van der Waals surface area (Å²) < 4.78 is 71.4. The number of ether oxygens (including phenoxy) is 3. The highest BCUT2D eigenvalue weighted by Gasteiger charge is 2.45. The molecule has 1 aliphatic heterocycles. The van der Waals surface area contributed by atoms with Crippen LogP contribution in [0.4, 0.5) is 17.6 Å². The molecule has 1 saturated carbocycles. The van der Waals surface area contributed by atoms with Crippen LogP contribution in [-0.4, -0.2) is 32.0 Å². The van der Waals surface area contributed by atoms with Crippen LogP contribution >= 0.6 is 0 Å². The van der Waals surface area contributed by atoms with Gasteiger partial charge in [-0.05, 0) is 75.8 Å². The molecule has 0 spiro atoms. The molecule has 1 aromatic carbocycles. The van der Waals surface area contributed by atoms with Gasteiger partial charge >= 0.3 is 6.11 Å². The van der Waals surface area contributed by atoms with E-state index in [-0.39, 0.29) is 17.8 Å². The van der Waals surface area contributed by atoms with Gasteiger partial charge in [0.15, 0.2) is 11.6 Å². The lowest BCUT2D eigenvalue weighted by molar-refractivity contribution is -0.225. The number of hydrogen-bond donors (Lipinski definition) is 0. The minimum absolute atomic E-state index is 0.139. The standard InChI is InChI=1S/C22H30F4O3/c1-2-27-12-11-15-3-10-21(28-14-15)16-4-6-17(7-5-16)22(25,26)29-18-8-9-19(23)20(24)13-18/h8-9,13,15-17,21H,2-7,10-12,14H2,1H3. The van der Waals surface area contributed by atoms with Gasteiger partial charge in [-0.1, -0.05) is 0 Å². The summed E-state index contributed by atoms with van der Waals surface area (Å²) in [6.07, 6.45) is 1.77. The summed E-state index contributed by atoms with van der Waals surface area (Å²) in [5.41, 5.74) is 0. The second kappa shape index (κ2) is 10.1. The van der Waals surface area contributed by atoms with Crippen molar-refractivity contribution >= 4 is 0 Å². The van der Waals surface area contributed by atoms with E-state index in [4.69, 9.17) is 14.2 Å². The van der Waals surface area contributed by atoms with E-state index in [9.17, 15) is 17.6 Å². The van der Waals surface area contributed by atoms with Crippen LogP contribution in [0, 0.1) is 29.4 Å². The largest absolute Gasteiger partial charge is 0.432 e. The predicted octanol–water partition coefficient (Wildman–Crippen LogP) is 5.96. The van der Waals surface area contributed by atoms with E-state index in [0.717, 1.165) is 44.6 Å². The Morgan fingerprint density at radius 2 is 1.79 bits per heavy atom. The first-order valence-electron chi connectivity index (χ1n) is 10.6. The first kappa shape index (κ1) is 22.3. The fourth-order valence-corrected chi connectivity index (χ4v) is 4.43. The maximum absolute atomic E-state index is 14.5. The van der Waals surface area contributed by atoms with Crippen LogP contribution in [0.25, 0.3) is 0 Å². The molecule has 2 aliphatic rings. The zero-order valence-electron chi connectivity index (χ0n) is 16.8. The summed E-state index contributed by atoms with van der Waals surface area (Å²) >= 11 is 0. The van der Waals surface area contributed by atoms with Crippen molar-refractivity contribution in [3.63, 3.8) is 0 Å². The van der Waals surface area contributed by atoms with E-state index in [1.54, 1.807) is 0 Å². The molecule has 1 aliphatic carbocycles. The lowest BCUT2D eigenvalue weighted by atomic mass is 9.76. The maximum atomic E-state index is 14.5. The van der Waals surface area contributed by atoms with Gasteiger partial charge in [-0.25, -0.2) is 8.78 Å². The number of alkyl halides is 2. The Morgan fingerprint density at radius 3 is 2.41 bits per heavy atom. The summed E-state index contributed by atoms with van der Waals surface area (Å²) in [6, 6.07) is 2.47. The minimum atomic E-state index is -3.41. The Kier molecular flexibility index (Phi) is 7.79. The van der Waals surface area contributed by atoms with Gasteiger partial charge in [0.25, 0.3) is 0 Å². The van der Waals surface area contributed by atoms with Crippen molar-refractivity contribution in [1.82, 2.24) is 0 Å². The lowest BCUT2D eigenvalue weighted by Crippen LogP contribution is -2.40. The molecule has 7 heteroatoms. The normalized spacial score (nSPS) is 28.3. The molecular formula is C22H30F4O3. The predicted molar refractivity (Wildman–Crippen MR) is 101 cm³/mol. The van der Waals surface area contributed by atoms with Crippen molar-refractivity contribution < 1.29 is 31.8 Å². The van der Waals surface area contributed by atoms with Crippen molar-refractivity contribution in [2.45, 2.75) is 64.1 Å². The molecule has 0 radical (unpaired) electrons. The summed E-state index contributed by atoms with van der Waals surface area (Å²) in [4.78, 5) is 0. The van der Waals surface area contributed by atoms with E-state index in [1.807, 2.05) is 6.92 Å². The summed E-state index contributed by atoms with van der Waals surface area (Å²) in [7, 11) is 0. The molecule has 29 heavy (non-hydrogen) atoms. The highest BCUT2D eigenvalue weighted by atomic mass is 19.3. The van der Waals surface area contributed by atoms with Crippen LogP contribution in [0.3, 0.4) is 0 Å². The van der Waals surface area contributed by atoms with Gasteiger partial charge in [-0.15, -0.1) is 0 Å². The molecule has 2 fully saturated rings. The van der Waals surface area contributed by atoms with Gasteiger partial charge in [0, 0.05) is 25.9 Å². The first-order valence-corrected chi connectivity index (χ1v) is 10.6. The van der Waals surface area contributed by atoms with Crippen molar-refractivity contribution in [3.05, 3.63) is 29.8 Å². The fraction of sp³-hybridized carbons (Fsp3) is 0.727. The minimum Gasteiger partial charge on any atom is -0.432 e. The number of rotatable bonds is 8. The van der Waals surface area contributed by atoms with E-state index in [2.05, 4.69) is 0 Å². The van der Waals surface area contributed by atoms with Gasteiger partial charge < -0.3 is 14.2 Å². The molecule has 3 rings (SSSR count). The molecule has 1 aromatic rings. The number of hydrogen-bond acceptors (Lipinski definition) is 3. The molecule has 3 nitrogen and oxygen atoms in total. The average molecular weight is 418 g/mol. The molecule has 164 valence electrons. The summed E-state index contributed by atoms with van der Waals surface area (Å²) in [5, 5.41) is 0. The van der Waals surface area contributed by atoms with E-state index in [0.29, 0.717) is 44.3 Å². The van der Waals surface area contributed by atoms with Crippen LogP contribution in [0.15, 0.2) is 18.2 Å². The van der Waals surface area contributed by atoms with Gasteiger partial charge in [0.1, 0.15) is 5.75 Å². The topological polar surface area (TPSA) is 27.7 Å². The molecule has 1 heterocycles. The zero-order valence-corrected chi connectivity index (χ0v) is 16.8. The maximum Gasteiger partial charge on any atom is 0.400 e. The quantitative estimate of drug-likeness (QED) is 0.385. The molecule has 2 unspecified atom stereocenters. The monoisotopic (exact) mass is 418 g/mol. The van der Waals surface area contributed by atoms with E-state index in [1.165, 1.54) is 0 Å².